The maximum atomic E-state index is 2.57. The Morgan fingerprint density at radius 2 is 0.933 bits per heavy atom. The molecule has 0 aromatic heterocycles. The lowest BCUT2D eigenvalue weighted by Crippen LogP contribution is -2.33. The molecule has 1 aliphatic rings. The van der Waals surface area contributed by atoms with Gasteiger partial charge >= 0.3 is 0 Å². The molecule has 0 amide bonds. The van der Waals surface area contributed by atoms with Crippen molar-refractivity contribution in [1.29, 1.82) is 0 Å². The molecule has 0 heterocycles. The lowest BCUT2D eigenvalue weighted by atomic mass is 9.87. The third-order valence-electron chi connectivity index (χ3n) is 12.7. The predicted molar refractivity (Wildman–Crippen MR) is 257 cm³/mol. The molecule has 0 fully saturated rings. The zero-order valence-electron chi connectivity index (χ0n) is 33.0. The van der Waals surface area contributed by atoms with Crippen molar-refractivity contribution in [2.24, 2.45) is 0 Å². The highest BCUT2D eigenvalue weighted by Crippen LogP contribution is 2.47. The molecule has 1 atom stereocenters. The average molecular weight is 765 g/mol. The molecule has 282 valence electrons. The summed E-state index contributed by atoms with van der Waals surface area (Å²) in [6.45, 7) is 0. The molecule has 0 N–H and O–H groups in total. The molecule has 0 saturated carbocycles. The molecular formula is C58H40N2. The molecule has 1 unspecified atom stereocenters. The molecule has 2 nitrogen and oxygen atoms in total. The van der Waals surface area contributed by atoms with E-state index in [0.717, 1.165) is 17.8 Å². The summed E-state index contributed by atoms with van der Waals surface area (Å²) >= 11 is 0. The Labute approximate surface area is 349 Å². The minimum atomic E-state index is 0.144. The Morgan fingerprint density at radius 1 is 0.367 bits per heavy atom. The van der Waals surface area contributed by atoms with Crippen LogP contribution < -0.4 is 9.80 Å². The number of fused-ring (bicyclic) bond motifs is 3. The maximum Gasteiger partial charge on any atom is 0.0566 e. The summed E-state index contributed by atoms with van der Waals surface area (Å²) in [5.74, 6) is 0. The summed E-state index contributed by atoms with van der Waals surface area (Å²) in [5.41, 5.74) is 11.0. The van der Waals surface area contributed by atoms with Crippen LogP contribution in [0.2, 0.25) is 0 Å². The van der Waals surface area contributed by atoms with Gasteiger partial charge in [0.2, 0.25) is 0 Å². The fraction of sp³-hybridized carbons (Fsp3) is 0.0345. The van der Waals surface area contributed by atoms with E-state index < -0.39 is 0 Å². The van der Waals surface area contributed by atoms with Crippen LogP contribution in [-0.2, 0) is 6.42 Å². The minimum Gasteiger partial charge on any atom is -0.334 e. The van der Waals surface area contributed by atoms with Crippen molar-refractivity contribution in [3.8, 4) is 11.1 Å². The third-order valence-corrected chi connectivity index (χ3v) is 12.7. The maximum absolute atomic E-state index is 2.57. The molecule has 12 rings (SSSR count). The van der Waals surface area contributed by atoms with E-state index >= 15 is 0 Å². The summed E-state index contributed by atoms with van der Waals surface area (Å²) in [6.07, 6.45) is 5.63. The molecule has 0 saturated heterocycles. The monoisotopic (exact) mass is 764 g/mol. The summed E-state index contributed by atoms with van der Waals surface area (Å²) in [6, 6.07) is 78.3. The molecule has 11 aromatic carbocycles. The van der Waals surface area contributed by atoms with Crippen LogP contribution in [0.5, 0.6) is 0 Å². The molecule has 0 aliphatic heterocycles. The molecule has 2 heteroatoms. The number of benzene rings is 11. The Balaban J connectivity index is 1.05. The first-order valence-electron chi connectivity index (χ1n) is 20.9. The zero-order chi connectivity index (χ0) is 39.6. The van der Waals surface area contributed by atoms with E-state index in [1.54, 1.807) is 0 Å². The van der Waals surface area contributed by atoms with Crippen molar-refractivity contribution in [1.82, 2.24) is 0 Å². The number of nitrogens with zero attached hydrogens (tertiary/aromatic N) is 2. The highest BCUT2D eigenvalue weighted by atomic mass is 15.2. The van der Waals surface area contributed by atoms with Gasteiger partial charge in [0.25, 0.3) is 0 Å². The lowest BCUT2D eigenvalue weighted by Gasteiger charge is -2.35. The molecule has 11 aromatic rings. The second kappa shape index (κ2) is 14.0. The Hall–Kier alpha value is -7.68. The number of hydrogen-bond donors (Lipinski definition) is 0. The van der Waals surface area contributed by atoms with E-state index in [1.165, 1.54) is 93.2 Å². The lowest BCUT2D eigenvalue weighted by molar-refractivity contribution is 0.769. The molecule has 60 heavy (non-hydrogen) atoms. The summed E-state index contributed by atoms with van der Waals surface area (Å²) in [5, 5.41) is 12.6. The van der Waals surface area contributed by atoms with E-state index in [4.69, 9.17) is 0 Å². The van der Waals surface area contributed by atoms with Gasteiger partial charge in [-0.3, -0.25) is 0 Å². The van der Waals surface area contributed by atoms with Crippen LogP contribution >= 0.6 is 0 Å². The quantitative estimate of drug-likeness (QED) is 0.149. The van der Waals surface area contributed by atoms with Crippen molar-refractivity contribution < 1.29 is 0 Å². The molecule has 1 aliphatic carbocycles. The first-order chi connectivity index (χ1) is 29.8. The molecule has 0 radical (unpaired) electrons. The van der Waals surface area contributed by atoms with Gasteiger partial charge in [0.15, 0.2) is 0 Å². The van der Waals surface area contributed by atoms with Crippen LogP contribution in [0.3, 0.4) is 0 Å². The van der Waals surface area contributed by atoms with Crippen molar-refractivity contribution in [2.75, 3.05) is 9.80 Å². The number of anilines is 5. The van der Waals surface area contributed by atoms with Gasteiger partial charge in [0, 0.05) is 33.5 Å². The van der Waals surface area contributed by atoms with Gasteiger partial charge in [-0.15, -0.1) is 0 Å². The first kappa shape index (κ1) is 34.4. The Kier molecular flexibility index (Phi) is 8.02. The van der Waals surface area contributed by atoms with Crippen molar-refractivity contribution >= 4 is 88.4 Å². The molecular weight excluding hydrogens is 725 g/mol. The topological polar surface area (TPSA) is 6.48 Å². The van der Waals surface area contributed by atoms with Gasteiger partial charge in [-0.1, -0.05) is 176 Å². The van der Waals surface area contributed by atoms with E-state index in [0.29, 0.717) is 0 Å². The normalized spacial score (nSPS) is 13.7. The highest BCUT2D eigenvalue weighted by Gasteiger charge is 2.26. The van der Waals surface area contributed by atoms with Crippen molar-refractivity contribution in [3.63, 3.8) is 0 Å². The first-order valence-corrected chi connectivity index (χ1v) is 20.9. The average Bonchev–Trinajstić information content (AvgIpc) is 3.32. The van der Waals surface area contributed by atoms with Gasteiger partial charge in [0.1, 0.15) is 0 Å². The highest BCUT2D eigenvalue weighted by molar-refractivity contribution is 6.28. The summed E-state index contributed by atoms with van der Waals surface area (Å²) in [7, 11) is 0. The second-order valence-electron chi connectivity index (χ2n) is 16.0. The minimum absolute atomic E-state index is 0.144. The van der Waals surface area contributed by atoms with Crippen LogP contribution in [0.25, 0.3) is 71.1 Å². The van der Waals surface area contributed by atoms with E-state index in [1.807, 2.05) is 0 Å². The molecule has 0 spiro atoms. The van der Waals surface area contributed by atoms with E-state index in [-0.39, 0.29) is 6.04 Å². The van der Waals surface area contributed by atoms with Crippen LogP contribution in [0, 0.1) is 0 Å². The SMILES string of the molecule is C1=CC(N(c2ccc3ccccc3c2)c2ccc(-c3ccc4ccc5c(N(c6ccccc6)c6ccccc6)ccc6ccc3c4c65)c3ccccc23)Cc2ccccc21. The third kappa shape index (κ3) is 5.56. The van der Waals surface area contributed by atoms with Gasteiger partial charge in [-0.05, 0) is 120 Å². The van der Waals surface area contributed by atoms with Crippen LogP contribution in [0.15, 0.2) is 218 Å². The number of hydrogen-bond acceptors (Lipinski definition) is 2. The van der Waals surface area contributed by atoms with Gasteiger partial charge in [0.05, 0.1) is 11.7 Å². The van der Waals surface area contributed by atoms with Crippen molar-refractivity contribution in [3.05, 3.63) is 230 Å². The second-order valence-corrected chi connectivity index (χ2v) is 16.0. The molecule has 0 bridgehead atoms. The standard InChI is InChI=1S/C58H40N2/c1-3-17-45(18-4-1)59(46-19-5-2-6-20-46)56-35-28-42-26-32-53-51(31-25-41-27-33-54(56)58(42)57(41)53)50-34-36-55(52-22-12-11-21-49(50)52)60(47-29-23-39-13-7-9-15-43(39)37-47)48-30-24-40-14-8-10-16-44(40)38-48/h1-37,48H,38H2. The van der Waals surface area contributed by atoms with Crippen LogP contribution in [-0.4, -0.2) is 6.04 Å². The smallest absolute Gasteiger partial charge is 0.0566 e. The number of rotatable bonds is 7. The van der Waals surface area contributed by atoms with Gasteiger partial charge in [-0.25, -0.2) is 0 Å². The van der Waals surface area contributed by atoms with Crippen LogP contribution in [0.4, 0.5) is 28.4 Å². The van der Waals surface area contributed by atoms with Gasteiger partial charge < -0.3 is 9.80 Å². The largest absolute Gasteiger partial charge is 0.334 e. The zero-order valence-corrected chi connectivity index (χ0v) is 33.0. The van der Waals surface area contributed by atoms with Crippen molar-refractivity contribution in [2.45, 2.75) is 12.5 Å². The predicted octanol–water partition coefficient (Wildman–Crippen LogP) is 15.8. The summed E-state index contributed by atoms with van der Waals surface area (Å²) < 4.78 is 0. The number of para-hydroxylation sites is 2. The fourth-order valence-corrected chi connectivity index (χ4v) is 9.93. The Bertz CT molecular complexity index is 3380. The van der Waals surface area contributed by atoms with Crippen LogP contribution in [0.1, 0.15) is 11.1 Å². The Morgan fingerprint density at radius 3 is 1.73 bits per heavy atom. The summed E-state index contributed by atoms with van der Waals surface area (Å²) in [4.78, 5) is 4.96. The van der Waals surface area contributed by atoms with Gasteiger partial charge in [-0.2, -0.15) is 0 Å². The van der Waals surface area contributed by atoms with E-state index in [9.17, 15) is 0 Å². The van der Waals surface area contributed by atoms with E-state index in [2.05, 4.69) is 234 Å². The fourth-order valence-electron chi connectivity index (χ4n) is 9.93.